The van der Waals surface area contributed by atoms with Gasteiger partial charge in [-0.25, -0.2) is 9.82 Å². The fourth-order valence-electron chi connectivity index (χ4n) is 2.20. The quantitative estimate of drug-likeness (QED) is 0.490. The molecule has 1 aromatic heterocycles. The predicted molar refractivity (Wildman–Crippen MR) is 99.7 cm³/mol. The number of hydrogen-bond donors (Lipinski definition) is 2. The fraction of sp³-hybridized carbons (Fsp3) is 0.0556. The highest BCUT2D eigenvalue weighted by Gasteiger charge is 2.10. The van der Waals surface area contributed by atoms with Gasteiger partial charge in [-0.15, -0.1) is 0 Å². The summed E-state index contributed by atoms with van der Waals surface area (Å²) >= 11 is 3.38. The van der Waals surface area contributed by atoms with Gasteiger partial charge in [0.1, 0.15) is 17.3 Å². The smallest absolute Gasteiger partial charge is 0.289 e. The van der Waals surface area contributed by atoms with Crippen molar-refractivity contribution in [2.45, 2.75) is 0 Å². The minimum atomic E-state index is -0.435. The van der Waals surface area contributed by atoms with Crippen LogP contribution in [0.2, 0.25) is 0 Å². The van der Waals surface area contributed by atoms with E-state index in [0.29, 0.717) is 17.0 Å². The number of H-pyrrole nitrogens is 1. The van der Waals surface area contributed by atoms with Gasteiger partial charge in [0, 0.05) is 5.56 Å². The molecule has 3 rings (SSSR count). The molecule has 0 unspecified atom stereocenters. The van der Waals surface area contributed by atoms with Gasteiger partial charge in [-0.1, -0.05) is 0 Å². The molecule has 1 amide bonds. The third kappa shape index (κ3) is 4.15. The first-order valence-corrected chi connectivity index (χ1v) is 8.34. The molecule has 0 spiro atoms. The third-order valence-electron chi connectivity index (χ3n) is 3.52. The van der Waals surface area contributed by atoms with Crippen LogP contribution in [0.15, 0.2) is 58.1 Å². The first kappa shape index (κ1) is 17.8. The molecule has 0 atom stereocenters. The van der Waals surface area contributed by atoms with Crippen molar-refractivity contribution in [3.05, 3.63) is 70.1 Å². The summed E-state index contributed by atoms with van der Waals surface area (Å²) in [5.74, 6) is -0.0617. The van der Waals surface area contributed by atoms with Gasteiger partial charge in [0.25, 0.3) is 5.91 Å². The molecule has 8 heteroatoms. The van der Waals surface area contributed by atoms with E-state index >= 15 is 0 Å². The van der Waals surface area contributed by atoms with Gasteiger partial charge in [0.15, 0.2) is 0 Å². The molecule has 26 heavy (non-hydrogen) atoms. The van der Waals surface area contributed by atoms with E-state index in [1.807, 2.05) is 12.1 Å². The van der Waals surface area contributed by atoms with Crippen LogP contribution in [0.3, 0.4) is 0 Å². The second-order valence-electron chi connectivity index (χ2n) is 5.27. The number of aromatic nitrogens is 2. The Hall–Kier alpha value is -3.00. The van der Waals surface area contributed by atoms with Gasteiger partial charge < -0.3 is 4.74 Å². The number of amides is 1. The average molecular weight is 417 g/mol. The number of carbonyl (C=O) groups excluding carboxylic acids is 1. The Labute approximate surface area is 157 Å². The Bertz CT molecular complexity index is 954. The largest absolute Gasteiger partial charge is 0.496 e. The lowest BCUT2D eigenvalue weighted by molar-refractivity contribution is 0.0950. The van der Waals surface area contributed by atoms with E-state index < -0.39 is 5.91 Å². The molecule has 0 aliphatic rings. The molecule has 6 nitrogen and oxygen atoms in total. The van der Waals surface area contributed by atoms with E-state index in [-0.39, 0.29) is 11.5 Å². The molecule has 0 radical (unpaired) electrons. The molecule has 2 aromatic carbocycles. The molecular weight excluding hydrogens is 403 g/mol. The van der Waals surface area contributed by atoms with Gasteiger partial charge in [-0.05, 0) is 70.0 Å². The maximum atomic E-state index is 13.0. The summed E-state index contributed by atoms with van der Waals surface area (Å²) in [6.07, 6.45) is 1.51. The number of nitrogens with one attached hydrogen (secondary N) is 2. The van der Waals surface area contributed by atoms with Crippen molar-refractivity contribution in [2.75, 3.05) is 7.11 Å². The number of carbonyl (C=O) groups is 1. The van der Waals surface area contributed by atoms with Crippen molar-refractivity contribution in [3.8, 4) is 17.0 Å². The summed E-state index contributed by atoms with van der Waals surface area (Å²) < 4.78 is 18.9. The van der Waals surface area contributed by atoms with Crippen molar-refractivity contribution in [1.82, 2.24) is 15.6 Å². The lowest BCUT2D eigenvalue weighted by Crippen LogP contribution is -2.18. The number of halogens is 2. The number of hydrazone groups is 1. The number of rotatable bonds is 5. The molecule has 0 saturated heterocycles. The lowest BCUT2D eigenvalue weighted by atomic mass is 10.1. The molecule has 0 aliphatic carbocycles. The number of methoxy groups -OCH3 is 1. The van der Waals surface area contributed by atoms with Gasteiger partial charge >= 0.3 is 0 Å². The molecule has 1 heterocycles. The van der Waals surface area contributed by atoms with Gasteiger partial charge in [-0.3, -0.25) is 9.89 Å². The number of ether oxygens (including phenoxy) is 1. The predicted octanol–water partition coefficient (Wildman–Crippen LogP) is 3.75. The lowest BCUT2D eigenvalue weighted by Gasteiger charge is -2.03. The normalized spacial score (nSPS) is 10.9. The summed E-state index contributed by atoms with van der Waals surface area (Å²) in [5, 5.41) is 10.6. The van der Waals surface area contributed by atoms with E-state index in [4.69, 9.17) is 4.74 Å². The summed E-state index contributed by atoms with van der Waals surface area (Å²) in [6, 6.07) is 12.8. The van der Waals surface area contributed by atoms with Gasteiger partial charge in [0.05, 0.1) is 23.5 Å². The van der Waals surface area contributed by atoms with Crippen LogP contribution in [0, 0.1) is 5.82 Å². The molecule has 2 N–H and O–H groups in total. The van der Waals surface area contributed by atoms with Crippen LogP contribution in [0.1, 0.15) is 16.1 Å². The van der Waals surface area contributed by atoms with Crippen molar-refractivity contribution in [2.24, 2.45) is 5.10 Å². The number of nitrogens with zero attached hydrogens (tertiary/aromatic N) is 2. The van der Waals surface area contributed by atoms with Crippen LogP contribution in [0.5, 0.6) is 5.75 Å². The Morgan fingerprint density at radius 1 is 1.27 bits per heavy atom. The molecule has 0 bridgehead atoms. The molecular formula is C18H14BrFN4O2. The second kappa shape index (κ2) is 7.92. The summed E-state index contributed by atoms with van der Waals surface area (Å²) in [6.45, 7) is 0. The molecule has 3 aromatic rings. The van der Waals surface area contributed by atoms with Crippen LogP contribution >= 0.6 is 15.9 Å². The zero-order valence-corrected chi connectivity index (χ0v) is 15.2. The van der Waals surface area contributed by atoms with Crippen LogP contribution in [0.25, 0.3) is 11.3 Å². The van der Waals surface area contributed by atoms with Crippen molar-refractivity contribution in [1.29, 1.82) is 0 Å². The maximum absolute atomic E-state index is 13.0. The first-order valence-electron chi connectivity index (χ1n) is 7.55. The Balaban J connectivity index is 1.65. The minimum absolute atomic E-state index is 0.248. The third-order valence-corrected chi connectivity index (χ3v) is 4.14. The molecule has 0 aliphatic heterocycles. The van der Waals surface area contributed by atoms with E-state index in [0.717, 1.165) is 10.0 Å². The summed E-state index contributed by atoms with van der Waals surface area (Å²) in [4.78, 5) is 12.1. The second-order valence-corrected chi connectivity index (χ2v) is 6.12. The SMILES string of the molecule is COc1ccc(C=NNC(=O)c2cc(-c3ccc(F)cc3)n[nH]2)cc1Br. The minimum Gasteiger partial charge on any atom is -0.496 e. The standard InChI is InChI=1S/C18H14BrFN4O2/c1-26-17-7-2-11(8-14(17)19)10-21-24-18(25)16-9-15(22-23-16)12-3-5-13(20)6-4-12/h2-10H,1H3,(H,22,23)(H,24,25). The highest BCUT2D eigenvalue weighted by Crippen LogP contribution is 2.24. The van der Waals surface area contributed by atoms with E-state index in [9.17, 15) is 9.18 Å². The summed E-state index contributed by atoms with van der Waals surface area (Å²) in [7, 11) is 1.58. The molecule has 0 fully saturated rings. The van der Waals surface area contributed by atoms with Crippen molar-refractivity contribution in [3.63, 3.8) is 0 Å². The van der Waals surface area contributed by atoms with E-state index in [1.165, 1.54) is 18.3 Å². The Morgan fingerprint density at radius 2 is 2.04 bits per heavy atom. The monoisotopic (exact) mass is 416 g/mol. The molecule has 0 saturated carbocycles. The van der Waals surface area contributed by atoms with E-state index in [1.54, 1.807) is 31.4 Å². The highest BCUT2D eigenvalue weighted by atomic mass is 79.9. The molecule has 132 valence electrons. The van der Waals surface area contributed by atoms with Crippen LogP contribution in [-0.2, 0) is 0 Å². The van der Waals surface area contributed by atoms with Gasteiger partial charge in [-0.2, -0.15) is 10.2 Å². The zero-order valence-electron chi connectivity index (χ0n) is 13.7. The maximum Gasteiger partial charge on any atom is 0.289 e. The fourth-order valence-corrected chi connectivity index (χ4v) is 2.75. The number of hydrogen-bond acceptors (Lipinski definition) is 4. The van der Waals surface area contributed by atoms with Crippen molar-refractivity contribution < 1.29 is 13.9 Å². The van der Waals surface area contributed by atoms with Crippen LogP contribution < -0.4 is 10.2 Å². The average Bonchev–Trinajstić information content (AvgIpc) is 3.12. The van der Waals surface area contributed by atoms with Gasteiger partial charge in [0.2, 0.25) is 0 Å². The van der Waals surface area contributed by atoms with Crippen LogP contribution in [0.4, 0.5) is 4.39 Å². The topological polar surface area (TPSA) is 79.4 Å². The first-order chi connectivity index (χ1) is 12.6. The summed E-state index contributed by atoms with van der Waals surface area (Å²) in [5.41, 5.74) is 4.70. The van der Waals surface area contributed by atoms with Crippen molar-refractivity contribution >= 4 is 28.1 Å². The number of benzene rings is 2. The Kier molecular flexibility index (Phi) is 5.43. The highest BCUT2D eigenvalue weighted by molar-refractivity contribution is 9.10. The van der Waals surface area contributed by atoms with E-state index in [2.05, 4.69) is 36.7 Å². The van der Waals surface area contributed by atoms with Crippen LogP contribution in [-0.4, -0.2) is 29.4 Å². The zero-order chi connectivity index (χ0) is 18.5. The Morgan fingerprint density at radius 3 is 2.73 bits per heavy atom. The number of aromatic amines is 1.